The fourth-order valence-electron chi connectivity index (χ4n) is 3.39. The Labute approximate surface area is 153 Å². The molecule has 0 spiro atoms. The maximum Gasteiger partial charge on any atom is 0.416 e. The van der Waals surface area contributed by atoms with E-state index in [-0.39, 0.29) is 11.6 Å². The second-order valence-corrected chi connectivity index (χ2v) is 6.93. The summed E-state index contributed by atoms with van der Waals surface area (Å²) in [5, 5.41) is 0. The van der Waals surface area contributed by atoms with Gasteiger partial charge in [-0.25, -0.2) is 4.98 Å². The molecule has 2 aromatic rings. The number of carbonyl (C=O) groups is 1. The van der Waals surface area contributed by atoms with Crippen molar-refractivity contribution in [3.63, 3.8) is 0 Å². The molecule has 1 aliphatic rings. The largest absolute Gasteiger partial charge is 0.416 e. The predicted octanol–water partition coefficient (Wildman–Crippen LogP) is 2.27. The minimum Gasteiger partial charge on any atom is -0.364 e. The summed E-state index contributed by atoms with van der Waals surface area (Å²) < 4.78 is 40.4. The first kappa shape index (κ1) is 18.9. The first-order valence-corrected chi connectivity index (χ1v) is 8.27. The molecule has 2 N–H and O–H groups in total. The van der Waals surface area contributed by atoms with Crippen molar-refractivity contribution in [2.45, 2.75) is 31.5 Å². The third kappa shape index (κ3) is 3.17. The zero-order chi connectivity index (χ0) is 20.1. The van der Waals surface area contributed by atoms with Crippen LogP contribution in [0.3, 0.4) is 0 Å². The van der Waals surface area contributed by atoms with E-state index in [1.54, 1.807) is 25.9 Å². The van der Waals surface area contributed by atoms with Gasteiger partial charge in [0.2, 0.25) is 5.95 Å². The van der Waals surface area contributed by atoms with Crippen LogP contribution in [0.1, 0.15) is 40.0 Å². The average molecular weight is 380 g/mol. The third-order valence-corrected chi connectivity index (χ3v) is 4.76. The Bertz CT molecular complexity index is 976. The molecule has 1 saturated carbocycles. The molecule has 27 heavy (non-hydrogen) atoms. The summed E-state index contributed by atoms with van der Waals surface area (Å²) in [4.78, 5) is 30.0. The highest BCUT2D eigenvalue weighted by Crippen LogP contribution is 2.51. The molecular weight excluding hydrogens is 361 g/mol. The molecule has 6 nitrogen and oxygen atoms in total. The summed E-state index contributed by atoms with van der Waals surface area (Å²) >= 11 is 0. The number of aromatic nitrogens is 2. The van der Waals surface area contributed by atoms with Gasteiger partial charge in [-0.3, -0.25) is 14.2 Å². The second-order valence-electron chi connectivity index (χ2n) is 6.93. The number of anilines is 1. The van der Waals surface area contributed by atoms with E-state index in [4.69, 9.17) is 5.73 Å². The van der Waals surface area contributed by atoms with Gasteiger partial charge in [0, 0.05) is 20.2 Å². The maximum atomic E-state index is 13.0. The molecular formula is C18H19F3N4O2. The lowest BCUT2D eigenvalue weighted by molar-refractivity contribution is -0.137. The van der Waals surface area contributed by atoms with Gasteiger partial charge in [-0.1, -0.05) is 6.07 Å². The second kappa shape index (κ2) is 6.11. The first-order chi connectivity index (χ1) is 12.5. The van der Waals surface area contributed by atoms with Gasteiger partial charge in [-0.2, -0.15) is 13.2 Å². The summed E-state index contributed by atoms with van der Waals surface area (Å²) in [6.45, 7) is 1.59. The molecule has 0 radical (unpaired) electrons. The lowest BCUT2D eigenvalue weighted by Crippen LogP contribution is -2.37. The number of rotatable bonds is 4. The van der Waals surface area contributed by atoms with Crippen LogP contribution >= 0.6 is 0 Å². The van der Waals surface area contributed by atoms with Crippen molar-refractivity contribution in [3.8, 4) is 0 Å². The molecule has 0 bridgehead atoms. The highest BCUT2D eigenvalue weighted by Gasteiger charge is 2.50. The molecule has 1 aromatic heterocycles. The number of nitrogens with zero attached hydrogens (tertiary/aromatic N) is 3. The molecule has 1 amide bonds. The first-order valence-electron chi connectivity index (χ1n) is 8.27. The number of halogens is 3. The van der Waals surface area contributed by atoms with Gasteiger partial charge in [-0.05, 0) is 43.0 Å². The normalized spacial score (nSPS) is 15.5. The molecule has 9 heteroatoms. The van der Waals surface area contributed by atoms with Crippen LogP contribution in [0, 0.1) is 6.92 Å². The van der Waals surface area contributed by atoms with Crippen molar-refractivity contribution >= 4 is 11.9 Å². The minimum absolute atomic E-state index is 0.153. The van der Waals surface area contributed by atoms with E-state index >= 15 is 0 Å². The van der Waals surface area contributed by atoms with E-state index in [9.17, 15) is 22.8 Å². The van der Waals surface area contributed by atoms with Gasteiger partial charge in [0.25, 0.3) is 11.5 Å². The van der Waals surface area contributed by atoms with Crippen LogP contribution in [-0.4, -0.2) is 29.6 Å². The summed E-state index contributed by atoms with van der Waals surface area (Å²) in [6.07, 6.45) is -3.27. The van der Waals surface area contributed by atoms with Crippen LogP contribution in [0.2, 0.25) is 0 Å². The van der Waals surface area contributed by atoms with Crippen molar-refractivity contribution in [2.75, 3.05) is 19.0 Å². The number of hydrogen-bond donors (Lipinski definition) is 1. The average Bonchev–Trinajstić information content (AvgIpc) is 3.34. The number of amides is 1. The number of hydrogen-bond acceptors (Lipinski definition) is 4. The van der Waals surface area contributed by atoms with Gasteiger partial charge >= 0.3 is 6.18 Å². The summed E-state index contributed by atoms with van der Waals surface area (Å²) in [6, 6.07) is 4.59. The number of alkyl halides is 3. The molecule has 0 saturated heterocycles. The number of nitrogens with two attached hydrogens (primary N) is 1. The molecule has 1 fully saturated rings. The third-order valence-electron chi connectivity index (χ3n) is 4.76. The smallest absolute Gasteiger partial charge is 0.364 e. The fraction of sp³-hybridized carbons (Fsp3) is 0.389. The van der Waals surface area contributed by atoms with E-state index in [1.807, 2.05) is 0 Å². The van der Waals surface area contributed by atoms with Crippen LogP contribution in [-0.2, 0) is 11.7 Å². The van der Waals surface area contributed by atoms with Crippen LogP contribution in [0.5, 0.6) is 0 Å². The highest BCUT2D eigenvalue weighted by atomic mass is 19.4. The van der Waals surface area contributed by atoms with E-state index in [1.165, 1.54) is 10.6 Å². The van der Waals surface area contributed by atoms with Gasteiger partial charge in [-0.15, -0.1) is 0 Å². The van der Waals surface area contributed by atoms with Crippen LogP contribution < -0.4 is 16.2 Å². The molecule has 1 heterocycles. The fourth-order valence-corrected chi connectivity index (χ4v) is 3.39. The molecule has 0 unspecified atom stereocenters. The van der Waals surface area contributed by atoms with Crippen molar-refractivity contribution in [1.29, 1.82) is 0 Å². The molecule has 144 valence electrons. The number of primary amides is 1. The standard InChI is InChI=1S/C18H19F3N4O2/c1-10-8-11(18(19,20)21)4-5-12(10)17(6-7-17)25-14(26)9-13(15(22)27)23-16(25)24(2)3/h4-5,8-9H,6-7H2,1-3H3,(H2,22,27). The Morgan fingerprint density at radius 2 is 1.89 bits per heavy atom. The van der Waals surface area contributed by atoms with Crippen molar-refractivity contribution in [2.24, 2.45) is 5.73 Å². The molecule has 1 aromatic carbocycles. The van der Waals surface area contributed by atoms with Gasteiger partial charge in [0.1, 0.15) is 5.69 Å². The Kier molecular flexibility index (Phi) is 4.28. The molecule has 1 aliphatic carbocycles. The Morgan fingerprint density at radius 1 is 1.26 bits per heavy atom. The summed E-state index contributed by atoms with van der Waals surface area (Å²) in [7, 11) is 3.33. The molecule has 0 aliphatic heterocycles. The maximum absolute atomic E-state index is 13.0. The van der Waals surface area contributed by atoms with E-state index in [0.29, 0.717) is 24.0 Å². The number of carbonyl (C=O) groups excluding carboxylic acids is 1. The SMILES string of the molecule is Cc1cc(C(F)(F)F)ccc1C1(n2c(N(C)C)nc(C(N)=O)cc2=O)CC1. The molecule has 3 rings (SSSR count). The number of aryl methyl sites for hydroxylation is 1. The zero-order valence-electron chi connectivity index (χ0n) is 15.1. The van der Waals surface area contributed by atoms with E-state index in [2.05, 4.69) is 4.98 Å². The summed E-state index contributed by atoms with van der Waals surface area (Å²) in [5.41, 5.74) is 4.18. The van der Waals surface area contributed by atoms with Crippen molar-refractivity contribution in [1.82, 2.24) is 9.55 Å². The van der Waals surface area contributed by atoms with Gasteiger partial charge in [0.15, 0.2) is 0 Å². The predicted molar refractivity (Wildman–Crippen MR) is 93.8 cm³/mol. The Morgan fingerprint density at radius 3 is 2.33 bits per heavy atom. The Balaban J connectivity index is 2.20. The lowest BCUT2D eigenvalue weighted by Gasteiger charge is -2.27. The Hall–Kier alpha value is -2.84. The topological polar surface area (TPSA) is 81.2 Å². The van der Waals surface area contributed by atoms with Crippen LogP contribution in [0.15, 0.2) is 29.1 Å². The zero-order valence-corrected chi connectivity index (χ0v) is 15.1. The van der Waals surface area contributed by atoms with Gasteiger partial charge in [0.05, 0.1) is 11.1 Å². The van der Waals surface area contributed by atoms with Crippen LogP contribution in [0.4, 0.5) is 19.1 Å². The lowest BCUT2D eigenvalue weighted by atomic mass is 9.96. The monoisotopic (exact) mass is 380 g/mol. The molecule has 0 atom stereocenters. The van der Waals surface area contributed by atoms with Crippen molar-refractivity contribution in [3.05, 3.63) is 57.0 Å². The minimum atomic E-state index is -4.43. The van der Waals surface area contributed by atoms with Crippen LogP contribution in [0.25, 0.3) is 0 Å². The summed E-state index contributed by atoms with van der Waals surface area (Å²) in [5.74, 6) is -0.592. The van der Waals surface area contributed by atoms with Crippen molar-refractivity contribution < 1.29 is 18.0 Å². The van der Waals surface area contributed by atoms with E-state index in [0.717, 1.165) is 18.2 Å². The quantitative estimate of drug-likeness (QED) is 0.882. The number of benzene rings is 1. The van der Waals surface area contributed by atoms with E-state index < -0.39 is 28.7 Å². The highest BCUT2D eigenvalue weighted by molar-refractivity contribution is 5.90. The van der Waals surface area contributed by atoms with Gasteiger partial charge < -0.3 is 10.6 Å².